The summed E-state index contributed by atoms with van der Waals surface area (Å²) in [6, 6.07) is 3.59. The molecule has 0 atom stereocenters. The van der Waals surface area contributed by atoms with Crippen LogP contribution in [0.1, 0.15) is 25.0 Å². The fraction of sp³-hybridized carbons (Fsp3) is 0.538. The smallest absolute Gasteiger partial charge is 0.240 e. The highest BCUT2D eigenvalue weighted by Crippen LogP contribution is 2.25. The van der Waals surface area contributed by atoms with Crippen LogP contribution in [-0.2, 0) is 22.9 Å². The summed E-state index contributed by atoms with van der Waals surface area (Å²) in [7, 11) is -3.47. The lowest BCUT2D eigenvalue weighted by Crippen LogP contribution is -2.27. The summed E-state index contributed by atoms with van der Waals surface area (Å²) in [6.07, 6.45) is 3.32. The molecule has 0 radical (unpaired) electrons. The molecule has 0 aromatic heterocycles. The van der Waals surface area contributed by atoms with E-state index in [1.807, 2.05) is 26.2 Å². The van der Waals surface area contributed by atoms with Gasteiger partial charge in [-0.3, -0.25) is 0 Å². The predicted octanol–water partition coefficient (Wildman–Crippen LogP) is 2.03. The van der Waals surface area contributed by atoms with Crippen LogP contribution in [0, 0.1) is 0 Å². The van der Waals surface area contributed by atoms with Crippen LogP contribution >= 0.6 is 11.8 Å². The third kappa shape index (κ3) is 4.12. The maximum atomic E-state index is 12.3. The third-order valence-corrected chi connectivity index (χ3v) is 5.09. The Kier molecular flexibility index (Phi) is 6.16. The van der Waals surface area contributed by atoms with E-state index in [1.54, 1.807) is 17.8 Å². The van der Waals surface area contributed by atoms with Gasteiger partial charge in [-0.2, -0.15) is 11.8 Å². The van der Waals surface area contributed by atoms with Crippen molar-refractivity contribution in [2.75, 3.05) is 24.3 Å². The molecule has 0 heterocycles. The van der Waals surface area contributed by atoms with Gasteiger partial charge in [0, 0.05) is 18.0 Å². The van der Waals surface area contributed by atoms with E-state index in [4.69, 9.17) is 5.73 Å². The number of sulfonamides is 1. The molecule has 0 bridgehead atoms. The molecule has 0 aliphatic heterocycles. The van der Waals surface area contributed by atoms with Crippen molar-refractivity contribution in [3.8, 4) is 0 Å². The Morgan fingerprint density at radius 2 is 1.95 bits per heavy atom. The summed E-state index contributed by atoms with van der Waals surface area (Å²) < 4.78 is 27.3. The molecule has 0 spiro atoms. The standard InChI is InChI=1S/C13H22N2O2S2/c1-4-10-8-12(14)11(5-2)13(9-10)19(16,17)15-6-7-18-3/h8-9,15H,4-7,14H2,1-3H3. The average molecular weight is 302 g/mol. The van der Waals surface area contributed by atoms with Gasteiger partial charge in [-0.25, -0.2) is 13.1 Å². The lowest BCUT2D eigenvalue weighted by Gasteiger charge is -2.14. The number of hydrogen-bond acceptors (Lipinski definition) is 4. The molecule has 0 aliphatic carbocycles. The molecule has 1 aromatic carbocycles. The summed E-state index contributed by atoms with van der Waals surface area (Å²) in [5.41, 5.74) is 8.17. The molecule has 0 saturated heterocycles. The van der Waals surface area contributed by atoms with E-state index in [9.17, 15) is 8.42 Å². The molecule has 108 valence electrons. The zero-order valence-corrected chi connectivity index (χ0v) is 13.3. The van der Waals surface area contributed by atoms with Gasteiger partial charge in [0.15, 0.2) is 0 Å². The zero-order chi connectivity index (χ0) is 14.5. The molecular weight excluding hydrogens is 280 g/mol. The van der Waals surface area contributed by atoms with Crippen molar-refractivity contribution in [2.24, 2.45) is 0 Å². The van der Waals surface area contributed by atoms with Gasteiger partial charge in [0.2, 0.25) is 10.0 Å². The van der Waals surface area contributed by atoms with Gasteiger partial charge in [0.1, 0.15) is 0 Å². The number of nitrogen functional groups attached to an aromatic ring is 1. The van der Waals surface area contributed by atoms with Crippen LogP contribution in [0.25, 0.3) is 0 Å². The van der Waals surface area contributed by atoms with Crippen molar-refractivity contribution in [3.05, 3.63) is 23.3 Å². The van der Waals surface area contributed by atoms with Crippen LogP contribution in [0.5, 0.6) is 0 Å². The number of aryl methyl sites for hydroxylation is 1. The fourth-order valence-electron chi connectivity index (χ4n) is 1.90. The summed E-state index contributed by atoms with van der Waals surface area (Å²) in [5.74, 6) is 0.754. The molecular formula is C13H22N2O2S2. The molecule has 1 rings (SSSR count). The minimum absolute atomic E-state index is 0.327. The fourth-order valence-corrected chi connectivity index (χ4v) is 3.76. The predicted molar refractivity (Wildman–Crippen MR) is 83.2 cm³/mol. The molecule has 0 aliphatic rings. The summed E-state index contributed by atoms with van der Waals surface area (Å²) in [6.45, 7) is 4.33. The molecule has 4 nitrogen and oxygen atoms in total. The minimum Gasteiger partial charge on any atom is -0.398 e. The van der Waals surface area contributed by atoms with Gasteiger partial charge in [-0.15, -0.1) is 0 Å². The Morgan fingerprint density at radius 3 is 2.47 bits per heavy atom. The van der Waals surface area contributed by atoms with Crippen molar-refractivity contribution in [2.45, 2.75) is 31.6 Å². The van der Waals surface area contributed by atoms with Crippen LogP contribution < -0.4 is 10.5 Å². The Labute approximate surface area is 120 Å². The second-order valence-corrected chi connectivity index (χ2v) is 6.98. The summed E-state index contributed by atoms with van der Waals surface area (Å²) in [4.78, 5) is 0.327. The van der Waals surface area contributed by atoms with Crippen molar-refractivity contribution < 1.29 is 8.42 Å². The maximum Gasteiger partial charge on any atom is 0.240 e. The number of anilines is 1. The highest BCUT2D eigenvalue weighted by atomic mass is 32.2. The van der Waals surface area contributed by atoms with E-state index < -0.39 is 10.0 Å². The molecule has 6 heteroatoms. The number of nitrogens with one attached hydrogen (secondary N) is 1. The molecule has 0 saturated carbocycles. The van der Waals surface area contributed by atoms with E-state index in [0.717, 1.165) is 17.7 Å². The largest absolute Gasteiger partial charge is 0.398 e. The topological polar surface area (TPSA) is 72.2 Å². The van der Waals surface area contributed by atoms with Crippen molar-refractivity contribution >= 4 is 27.5 Å². The molecule has 0 amide bonds. The van der Waals surface area contributed by atoms with E-state index in [1.165, 1.54) is 0 Å². The van der Waals surface area contributed by atoms with Crippen LogP contribution in [-0.4, -0.2) is 27.0 Å². The lowest BCUT2D eigenvalue weighted by atomic mass is 10.1. The monoisotopic (exact) mass is 302 g/mol. The first kappa shape index (κ1) is 16.3. The summed E-state index contributed by atoms with van der Waals surface area (Å²) in [5, 5.41) is 0. The van der Waals surface area contributed by atoms with E-state index in [0.29, 0.717) is 29.1 Å². The van der Waals surface area contributed by atoms with Crippen LogP contribution in [0.3, 0.4) is 0 Å². The van der Waals surface area contributed by atoms with E-state index in [-0.39, 0.29) is 0 Å². The quantitative estimate of drug-likeness (QED) is 0.597. The van der Waals surface area contributed by atoms with E-state index >= 15 is 0 Å². The van der Waals surface area contributed by atoms with Crippen molar-refractivity contribution in [1.82, 2.24) is 4.72 Å². The Bertz CT molecular complexity index is 528. The van der Waals surface area contributed by atoms with Gasteiger partial charge in [-0.05, 0) is 42.4 Å². The van der Waals surface area contributed by atoms with Gasteiger partial charge in [-0.1, -0.05) is 13.8 Å². The molecule has 3 N–H and O–H groups in total. The van der Waals surface area contributed by atoms with Gasteiger partial charge in [0.25, 0.3) is 0 Å². The van der Waals surface area contributed by atoms with E-state index in [2.05, 4.69) is 4.72 Å². The number of rotatable bonds is 7. The Balaban J connectivity index is 3.19. The first-order valence-corrected chi connectivity index (χ1v) is 9.23. The normalized spacial score (nSPS) is 11.7. The molecule has 0 unspecified atom stereocenters. The molecule has 1 aromatic rings. The number of nitrogens with two attached hydrogens (primary N) is 1. The van der Waals surface area contributed by atoms with Crippen molar-refractivity contribution in [3.63, 3.8) is 0 Å². The number of thioether (sulfide) groups is 1. The number of hydrogen-bond donors (Lipinski definition) is 2. The highest BCUT2D eigenvalue weighted by Gasteiger charge is 2.19. The first-order valence-electron chi connectivity index (χ1n) is 6.36. The van der Waals surface area contributed by atoms with Crippen LogP contribution in [0.15, 0.2) is 17.0 Å². The van der Waals surface area contributed by atoms with Crippen molar-refractivity contribution in [1.29, 1.82) is 0 Å². The zero-order valence-electron chi connectivity index (χ0n) is 11.7. The molecule has 19 heavy (non-hydrogen) atoms. The second kappa shape index (κ2) is 7.17. The highest BCUT2D eigenvalue weighted by molar-refractivity contribution is 7.98. The maximum absolute atomic E-state index is 12.3. The minimum atomic E-state index is -3.47. The third-order valence-electron chi connectivity index (χ3n) is 2.95. The Hall–Kier alpha value is -0.720. The Morgan fingerprint density at radius 1 is 1.26 bits per heavy atom. The number of benzene rings is 1. The SMILES string of the molecule is CCc1cc(N)c(CC)c(S(=O)(=O)NCCSC)c1. The van der Waals surface area contributed by atoms with Crippen LogP contribution in [0.2, 0.25) is 0 Å². The van der Waals surface area contributed by atoms with Gasteiger partial charge < -0.3 is 5.73 Å². The molecule has 0 fully saturated rings. The van der Waals surface area contributed by atoms with Gasteiger partial charge >= 0.3 is 0 Å². The average Bonchev–Trinajstić information content (AvgIpc) is 2.37. The summed E-state index contributed by atoms with van der Waals surface area (Å²) >= 11 is 1.61. The van der Waals surface area contributed by atoms with Gasteiger partial charge in [0.05, 0.1) is 4.90 Å². The lowest BCUT2D eigenvalue weighted by molar-refractivity contribution is 0.583. The van der Waals surface area contributed by atoms with Crippen LogP contribution in [0.4, 0.5) is 5.69 Å². The first-order chi connectivity index (χ1) is 8.96. The second-order valence-electron chi connectivity index (χ2n) is 4.26.